The summed E-state index contributed by atoms with van der Waals surface area (Å²) in [5.41, 5.74) is 0.528. The lowest BCUT2D eigenvalue weighted by molar-refractivity contribution is 0.0635. The van der Waals surface area contributed by atoms with Crippen LogP contribution in [0.5, 0.6) is 11.5 Å². The first kappa shape index (κ1) is 19.7. The molecule has 1 N–H and O–H groups in total. The lowest BCUT2D eigenvalue weighted by atomic mass is 10.2. The van der Waals surface area contributed by atoms with E-state index in [0.29, 0.717) is 18.0 Å². The Labute approximate surface area is 153 Å². The van der Waals surface area contributed by atoms with Crippen LogP contribution >= 0.6 is 0 Å². The zero-order valence-corrected chi connectivity index (χ0v) is 15.8. The Morgan fingerprint density at radius 1 is 1.12 bits per heavy atom. The van der Waals surface area contributed by atoms with Gasteiger partial charge in [0.2, 0.25) is 0 Å². The smallest absolute Gasteiger partial charge is 0.412 e. The van der Waals surface area contributed by atoms with E-state index in [9.17, 15) is 9.18 Å². The van der Waals surface area contributed by atoms with E-state index in [0.717, 1.165) is 5.56 Å². The molecule has 0 aliphatic heterocycles. The second-order valence-corrected chi connectivity index (χ2v) is 7.21. The van der Waals surface area contributed by atoms with E-state index in [1.807, 2.05) is 43.3 Å². The van der Waals surface area contributed by atoms with Gasteiger partial charge in [0.1, 0.15) is 17.2 Å². The molecule has 0 heterocycles. The monoisotopic (exact) mass is 359 g/mol. The summed E-state index contributed by atoms with van der Waals surface area (Å²) in [6.45, 7) is 5.96. The number of benzene rings is 2. The van der Waals surface area contributed by atoms with Gasteiger partial charge in [-0.15, -0.1) is 0 Å². The number of nitrogens with one attached hydrogen (secondary N) is 1. The average molecular weight is 359 g/mol. The van der Waals surface area contributed by atoms with Crippen molar-refractivity contribution in [2.24, 2.45) is 0 Å². The number of halogens is 1. The highest BCUT2D eigenvalue weighted by Crippen LogP contribution is 2.32. The molecule has 2 rings (SSSR count). The Morgan fingerprint density at radius 3 is 2.46 bits per heavy atom. The highest BCUT2D eigenvalue weighted by Gasteiger charge is 2.18. The lowest BCUT2D eigenvalue weighted by Crippen LogP contribution is -2.27. The lowest BCUT2D eigenvalue weighted by Gasteiger charge is -2.21. The quantitative estimate of drug-likeness (QED) is 0.814. The maximum atomic E-state index is 13.7. The van der Waals surface area contributed by atoms with Crippen LogP contribution < -0.4 is 10.1 Å². The summed E-state index contributed by atoms with van der Waals surface area (Å²) in [7, 11) is 3.92. The molecular formula is C20H25FN2O3. The van der Waals surface area contributed by atoms with E-state index in [2.05, 4.69) is 5.32 Å². The fraction of sp³-hybridized carbons (Fsp3) is 0.350. The minimum Gasteiger partial charge on any atom is -0.455 e. The highest BCUT2D eigenvalue weighted by atomic mass is 18.2. The van der Waals surface area contributed by atoms with Crippen LogP contribution in [0.1, 0.15) is 26.3 Å². The Morgan fingerprint density at radius 2 is 1.81 bits per heavy atom. The second-order valence-electron chi connectivity index (χ2n) is 7.21. The Balaban J connectivity index is 2.27. The SMILES string of the molecule is CN(C)Cc1ccccc1Oc1ccc([18F])cc1NC(=O)OC(C)(C)C. The molecule has 0 aromatic heterocycles. The van der Waals surface area contributed by atoms with Gasteiger partial charge in [-0.25, -0.2) is 9.18 Å². The number of anilines is 1. The summed E-state index contributed by atoms with van der Waals surface area (Å²) in [6, 6.07) is 11.5. The Hall–Kier alpha value is -2.60. The predicted molar refractivity (Wildman–Crippen MR) is 100 cm³/mol. The number of para-hydroxylation sites is 1. The van der Waals surface area contributed by atoms with Crippen molar-refractivity contribution in [3.05, 3.63) is 53.8 Å². The molecule has 0 saturated carbocycles. The van der Waals surface area contributed by atoms with E-state index in [1.165, 1.54) is 18.2 Å². The van der Waals surface area contributed by atoms with Gasteiger partial charge < -0.3 is 14.4 Å². The van der Waals surface area contributed by atoms with Gasteiger partial charge >= 0.3 is 6.09 Å². The van der Waals surface area contributed by atoms with Crippen LogP contribution in [0.25, 0.3) is 0 Å². The third kappa shape index (κ3) is 6.04. The standard InChI is InChI=1S/C20H25FN2O3/c1-20(2,3)26-19(24)22-16-12-15(21)10-11-18(16)25-17-9-7-6-8-14(17)13-23(4)5/h6-12H,13H2,1-5H3,(H,22,24)/i21-1. The molecule has 0 spiro atoms. The maximum Gasteiger partial charge on any atom is 0.412 e. The van der Waals surface area contributed by atoms with Crippen LogP contribution in [0.3, 0.4) is 0 Å². The van der Waals surface area contributed by atoms with Gasteiger partial charge in [0.05, 0.1) is 5.69 Å². The molecule has 0 aliphatic carbocycles. The van der Waals surface area contributed by atoms with Crippen molar-refractivity contribution in [3.63, 3.8) is 0 Å². The molecule has 0 atom stereocenters. The fourth-order valence-corrected chi connectivity index (χ4v) is 2.30. The zero-order chi connectivity index (χ0) is 19.3. The van der Waals surface area contributed by atoms with E-state index in [-0.39, 0.29) is 5.69 Å². The Bertz CT molecular complexity index is 770. The van der Waals surface area contributed by atoms with Crippen molar-refractivity contribution < 1.29 is 18.7 Å². The van der Waals surface area contributed by atoms with E-state index in [1.54, 1.807) is 20.8 Å². The molecule has 140 valence electrons. The predicted octanol–water partition coefficient (Wildman–Crippen LogP) is 5.03. The van der Waals surface area contributed by atoms with Crippen molar-refractivity contribution in [1.29, 1.82) is 0 Å². The molecule has 0 bridgehead atoms. The van der Waals surface area contributed by atoms with Crippen molar-refractivity contribution in [2.75, 3.05) is 19.4 Å². The molecule has 0 unspecified atom stereocenters. The molecule has 6 heteroatoms. The van der Waals surface area contributed by atoms with E-state index >= 15 is 0 Å². The summed E-state index contributed by atoms with van der Waals surface area (Å²) in [6.07, 6.45) is -0.672. The second kappa shape index (κ2) is 8.19. The molecular weight excluding hydrogens is 334 g/mol. The Kier molecular flexibility index (Phi) is 6.21. The number of carbonyl (C=O) groups is 1. The first-order chi connectivity index (χ1) is 12.1. The fourth-order valence-electron chi connectivity index (χ4n) is 2.30. The van der Waals surface area contributed by atoms with Crippen molar-refractivity contribution in [3.8, 4) is 11.5 Å². The van der Waals surface area contributed by atoms with E-state index < -0.39 is 17.5 Å². The van der Waals surface area contributed by atoms with Crippen LogP contribution in [0, 0.1) is 5.82 Å². The van der Waals surface area contributed by atoms with Crippen molar-refractivity contribution >= 4 is 11.8 Å². The van der Waals surface area contributed by atoms with Gasteiger partial charge in [-0.3, -0.25) is 5.32 Å². The molecule has 26 heavy (non-hydrogen) atoms. The summed E-state index contributed by atoms with van der Waals surface area (Å²) >= 11 is 0. The molecule has 2 aromatic carbocycles. The maximum absolute atomic E-state index is 13.7. The first-order valence-corrected chi connectivity index (χ1v) is 8.34. The van der Waals surface area contributed by atoms with Gasteiger partial charge in [0, 0.05) is 18.2 Å². The topological polar surface area (TPSA) is 50.8 Å². The van der Waals surface area contributed by atoms with Gasteiger partial charge in [-0.1, -0.05) is 18.2 Å². The van der Waals surface area contributed by atoms with Gasteiger partial charge in [0.15, 0.2) is 5.75 Å². The number of ether oxygens (including phenoxy) is 2. The van der Waals surface area contributed by atoms with Crippen molar-refractivity contribution in [2.45, 2.75) is 32.9 Å². The average Bonchev–Trinajstić information content (AvgIpc) is 2.49. The van der Waals surface area contributed by atoms with Gasteiger partial charge in [-0.2, -0.15) is 0 Å². The molecule has 0 aliphatic rings. The van der Waals surface area contributed by atoms with Crippen LogP contribution in [0.4, 0.5) is 14.9 Å². The largest absolute Gasteiger partial charge is 0.455 e. The number of amides is 1. The molecule has 0 fully saturated rings. The third-order valence-electron chi connectivity index (χ3n) is 3.26. The van der Waals surface area contributed by atoms with Crippen LogP contribution in [-0.2, 0) is 11.3 Å². The summed E-state index contributed by atoms with van der Waals surface area (Å²) in [4.78, 5) is 14.1. The molecule has 5 nitrogen and oxygen atoms in total. The first-order valence-electron chi connectivity index (χ1n) is 8.34. The molecule has 0 saturated heterocycles. The summed E-state index contributed by atoms with van der Waals surface area (Å²) in [5, 5.41) is 2.55. The number of nitrogens with zero attached hydrogens (tertiary/aromatic N) is 1. The summed E-state index contributed by atoms with van der Waals surface area (Å²) < 4.78 is 24.9. The van der Waals surface area contributed by atoms with Gasteiger partial charge in [0.25, 0.3) is 0 Å². The minimum atomic E-state index is -0.672. The van der Waals surface area contributed by atoms with E-state index in [4.69, 9.17) is 9.47 Å². The molecule has 0 radical (unpaired) electrons. The number of hydrogen-bond acceptors (Lipinski definition) is 4. The molecule has 2 aromatic rings. The van der Waals surface area contributed by atoms with Crippen LogP contribution in [-0.4, -0.2) is 30.7 Å². The summed E-state index contributed by atoms with van der Waals surface area (Å²) in [5.74, 6) is 0.494. The minimum absolute atomic E-state index is 0.207. The number of rotatable bonds is 5. The number of carbonyl (C=O) groups excluding carboxylic acids is 1. The van der Waals surface area contributed by atoms with Gasteiger partial charge in [-0.05, 0) is 53.1 Å². The molecule has 1 amide bonds. The van der Waals surface area contributed by atoms with Crippen LogP contribution in [0.2, 0.25) is 0 Å². The van der Waals surface area contributed by atoms with Crippen LogP contribution in [0.15, 0.2) is 42.5 Å². The van der Waals surface area contributed by atoms with Crippen molar-refractivity contribution in [1.82, 2.24) is 4.90 Å². The normalized spacial score (nSPS) is 11.3. The zero-order valence-electron chi connectivity index (χ0n) is 15.8. The third-order valence-corrected chi connectivity index (χ3v) is 3.26. The highest BCUT2D eigenvalue weighted by molar-refractivity contribution is 5.87. The number of hydrogen-bond donors (Lipinski definition) is 1.